The van der Waals surface area contributed by atoms with Crippen molar-refractivity contribution in [3.8, 4) is 6.07 Å². The van der Waals surface area contributed by atoms with Gasteiger partial charge in [-0.1, -0.05) is 0 Å². The van der Waals surface area contributed by atoms with Crippen molar-refractivity contribution in [2.24, 2.45) is 0 Å². The second kappa shape index (κ2) is 6.83. The van der Waals surface area contributed by atoms with Crippen LogP contribution in [0.25, 0.3) is 0 Å². The van der Waals surface area contributed by atoms with E-state index in [9.17, 15) is 23.2 Å². The van der Waals surface area contributed by atoms with Crippen molar-refractivity contribution in [2.75, 3.05) is 13.1 Å². The SMILES string of the molecule is N#CC1c2cc(F)ccc2C(=O)N1C1CCN(C2CCC(F)(F)CC2)CC1. The van der Waals surface area contributed by atoms with Gasteiger partial charge in [0.2, 0.25) is 5.92 Å². The van der Waals surface area contributed by atoms with Crippen molar-refractivity contribution in [1.29, 1.82) is 5.26 Å². The van der Waals surface area contributed by atoms with E-state index in [2.05, 4.69) is 11.0 Å². The first-order valence-electron chi connectivity index (χ1n) is 9.53. The lowest BCUT2D eigenvalue weighted by Gasteiger charge is -2.43. The lowest BCUT2D eigenvalue weighted by Crippen LogP contribution is -2.50. The van der Waals surface area contributed by atoms with Crippen LogP contribution in [-0.2, 0) is 0 Å². The number of amides is 1. The molecule has 4 nitrogen and oxygen atoms in total. The summed E-state index contributed by atoms with van der Waals surface area (Å²) in [5.41, 5.74) is 0.847. The van der Waals surface area contributed by atoms with Crippen molar-refractivity contribution >= 4 is 5.91 Å². The number of piperidine rings is 1. The smallest absolute Gasteiger partial charge is 0.255 e. The summed E-state index contributed by atoms with van der Waals surface area (Å²) >= 11 is 0. The van der Waals surface area contributed by atoms with Crippen LogP contribution >= 0.6 is 0 Å². The predicted molar refractivity (Wildman–Crippen MR) is 92.7 cm³/mol. The van der Waals surface area contributed by atoms with Gasteiger partial charge in [-0.2, -0.15) is 5.26 Å². The Morgan fingerprint density at radius 1 is 1.07 bits per heavy atom. The molecule has 0 spiro atoms. The zero-order chi connectivity index (χ0) is 19.2. The highest BCUT2D eigenvalue weighted by molar-refractivity contribution is 5.99. The summed E-state index contributed by atoms with van der Waals surface area (Å²) in [5, 5.41) is 9.58. The first kappa shape index (κ1) is 18.3. The number of nitriles is 1. The quantitative estimate of drug-likeness (QED) is 0.786. The molecule has 0 bridgehead atoms. The van der Waals surface area contributed by atoms with Gasteiger partial charge in [0.15, 0.2) is 0 Å². The summed E-state index contributed by atoms with van der Waals surface area (Å²) in [7, 11) is 0. The second-order valence-electron chi connectivity index (χ2n) is 7.83. The number of hydrogen-bond acceptors (Lipinski definition) is 3. The third kappa shape index (κ3) is 3.31. The van der Waals surface area contributed by atoms with Gasteiger partial charge in [-0.3, -0.25) is 4.79 Å². The normalized spacial score (nSPS) is 26.8. The molecular formula is C20H22F3N3O. The molecule has 1 atom stereocenters. The van der Waals surface area contributed by atoms with Gasteiger partial charge in [-0.15, -0.1) is 0 Å². The number of nitrogens with zero attached hydrogens (tertiary/aromatic N) is 3. The van der Waals surface area contributed by atoms with Crippen LogP contribution in [0.1, 0.15) is 60.5 Å². The van der Waals surface area contributed by atoms with Gasteiger partial charge in [0.05, 0.1) is 6.07 Å². The number of halogens is 3. The van der Waals surface area contributed by atoms with Crippen LogP contribution in [0.4, 0.5) is 13.2 Å². The Labute approximate surface area is 156 Å². The van der Waals surface area contributed by atoms with Gasteiger partial charge in [0.1, 0.15) is 11.9 Å². The molecule has 0 aromatic heterocycles. The Kier molecular flexibility index (Phi) is 4.63. The molecule has 7 heteroatoms. The van der Waals surface area contributed by atoms with Crippen LogP contribution in [0.15, 0.2) is 18.2 Å². The van der Waals surface area contributed by atoms with E-state index in [1.165, 1.54) is 18.2 Å². The van der Waals surface area contributed by atoms with Gasteiger partial charge in [-0.05, 0) is 43.9 Å². The van der Waals surface area contributed by atoms with Gasteiger partial charge in [0, 0.05) is 49.1 Å². The van der Waals surface area contributed by atoms with Gasteiger partial charge in [0.25, 0.3) is 5.91 Å². The van der Waals surface area contributed by atoms with Crippen molar-refractivity contribution in [3.63, 3.8) is 0 Å². The highest BCUT2D eigenvalue weighted by atomic mass is 19.3. The minimum Gasteiger partial charge on any atom is -0.315 e. The maximum atomic E-state index is 13.6. The monoisotopic (exact) mass is 377 g/mol. The third-order valence-corrected chi connectivity index (χ3v) is 6.27. The van der Waals surface area contributed by atoms with Gasteiger partial charge >= 0.3 is 0 Å². The van der Waals surface area contributed by atoms with Crippen LogP contribution in [0.3, 0.4) is 0 Å². The summed E-state index contributed by atoms with van der Waals surface area (Å²) in [6.07, 6.45) is 2.30. The summed E-state index contributed by atoms with van der Waals surface area (Å²) in [6, 6.07) is 5.46. The first-order valence-corrected chi connectivity index (χ1v) is 9.53. The molecule has 2 aliphatic heterocycles. The second-order valence-corrected chi connectivity index (χ2v) is 7.83. The molecule has 2 fully saturated rings. The third-order valence-electron chi connectivity index (χ3n) is 6.27. The molecule has 1 saturated carbocycles. The Morgan fingerprint density at radius 3 is 2.37 bits per heavy atom. The number of likely N-dealkylation sites (tertiary alicyclic amines) is 1. The number of carbonyl (C=O) groups excluding carboxylic acids is 1. The Balaban J connectivity index is 1.43. The number of hydrogen-bond donors (Lipinski definition) is 0. The zero-order valence-corrected chi connectivity index (χ0v) is 15.0. The minimum atomic E-state index is -2.53. The Hall–Kier alpha value is -2.07. The predicted octanol–water partition coefficient (Wildman–Crippen LogP) is 3.89. The number of rotatable bonds is 2. The number of alkyl halides is 2. The average Bonchev–Trinajstić information content (AvgIpc) is 2.93. The molecule has 2 heterocycles. The van der Waals surface area contributed by atoms with Crippen molar-refractivity contribution in [1.82, 2.24) is 9.80 Å². The van der Waals surface area contributed by atoms with Crippen LogP contribution in [0.5, 0.6) is 0 Å². The van der Waals surface area contributed by atoms with E-state index < -0.39 is 17.8 Å². The average molecular weight is 377 g/mol. The van der Waals surface area contributed by atoms with E-state index in [1.54, 1.807) is 4.90 Å². The maximum absolute atomic E-state index is 13.6. The molecule has 0 N–H and O–H groups in total. The highest BCUT2D eigenvalue weighted by Crippen LogP contribution is 2.39. The lowest BCUT2D eigenvalue weighted by atomic mass is 9.89. The van der Waals surface area contributed by atoms with Gasteiger partial charge < -0.3 is 9.80 Å². The van der Waals surface area contributed by atoms with Crippen molar-refractivity contribution in [2.45, 2.75) is 62.6 Å². The summed E-state index contributed by atoms with van der Waals surface area (Å²) in [5.74, 6) is -3.20. The molecule has 4 rings (SSSR count). The standard InChI is InChI=1S/C20H22F3N3O/c21-13-1-2-16-17(11-13)18(12-24)26(19(16)27)15-5-9-25(10-6-15)14-3-7-20(22,23)8-4-14/h1-2,11,14-15,18H,3-10H2. The molecule has 144 valence electrons. The lowest BCUT2D eigenvalue weighted by molar-refractivity contribution is -0.0576. The van der Waals surface area contributed by atoms with Crippen LogP contribution in [0.2, 0.25) is 0 Å². The van der Waals surface area contributed by atoms with Crippen LogP contribution in [0, 0.1) is 17.1 Å². The van der Waals surface area contributed by atoms with E-state index in [1.807, 2.05) is 0 Å². The molecule has 1 amide bonds. The molecule has 1 aliphatic carbocycles. The molecule has 0 radical (unpaired) electrons. The first-order chi connectivity index (χ1) is 12.9. The van der Waals surface area contributed by atoms with Crippen molar-refractivity contribution < 1.29 is 18.0 Å². The fraction of sp³-hybridized carbons (Fsp3) is 0.600. The topological polar surface area (TPSA) is 47.3 Å². The minimum absolute atomic E-state index is 0.0560. The molecule has 1 saturated heterocycles. The Bertz CT molecular complexity index is 773. The maximum Gasteiger partial charge on any atom is 0.255 e. The van der Waals surface area contributed by atoms with Crippen molar-refractivity contribution in [3.05, 3.63) is 35.1 Å². The van der Waals surface area contributed by atoms with E-state index in [0.717, 1.165) is 13.1 Å². The molecular weight excluding hydrogens is 355 g/mol. The summed E-state index contributed by atoms with van der Waals surface area (Å²) in [4.78, 5) is 16.6. The molecule has 3 aliphatic rings. The molecule has 1 aromatic rings. The van der Waals surface area contributed by atoms with E-state index in [0.29, 0.717) is 36.8 Å². The number of fused-ring (bicyclic) bond motifs is 1. The van der Waals surface area contributed by atoms with E-state index in [4.69, 9.17) is 0 Å². The van der Waals surface area contributed by atoms with Crippen LogP contribution in [-0.4, -0.2) is 46.8 Å². The highest BCUT2D eigenvalue weighted by Gasteiger charge is 2.43. The molecule has 27 heavy (non-hydrogen) atoms. The fourth-order valence-corrected chi connectivity index (χ4v) is 4.79. The summed E-state index contributed by atoms with van der Waals surface area (Å²) in [6.45, 7) is 1.46. The number of benzene rings is 1. The van der Waals surface area contributed by atoms with E-state index in [-0.39, 0.29) is 30.8 Å². The van der Waals surface area contributed by atoms with Gasteiger partial charge in [-0.25, -0.2) is 13.2 Å². The summed E-state index contributed by atoms with van der Waals surface area (Å²) < 4.78 is 40.3. The number of carbonyl (C=O) groups is 1. The largest absolute Gasteiger partial charge is 0.315 e. The fourth-order valence-electron chi connectivity index (χ4n) is 4.79. The zero-order valence-electron chi connectivity index (χ0n) is 15.0. The Morgan fingerprint density at radius 2 is 1.74 bits per heavy atom. The molecule has 1 unspecified atom stereocenters. The van der Waals surface area contributed by atoms with Crippen LogP contribution < -0.4 is 0 Å². The molecule has 1 aromatic carbocycles. The van der Waals surface area contributed by atoms with E-state index >= 15 is 0 Å².